The molecule has 25 heavy (non-hydrogen) atoms. The molecule has 3 aromatic rings. The molecular weight excluding hydrogens is 338 g/mol. The zero-order chi connectivity index (χ0) is 16.8. The number of hydrogen-bond acceptors (Lipinski definition) is 7. The first-order valence-corrected chi connectivity index (χ1v) is 9.30. The molecule has 0 unspecified atom stereocenters. The first-order valence-electron chi connectivity index (χ1n) is 8.36. The molecule has 3 aliphatic heterocycles. The van der Waals surface area contributed by atoms with E-state index in [1.807, 2.05) is 15.8 Å². The van der Waals surface area contributed by atoms with Gasteiger partial charge in [-0.15, -0.1) is 11.3 Å². The van der Waals surface area contributed by atoms with Gasteiger partial charge in [0.15, 0.2) is 11.5 Å². The van der Waals surface area contributed by atoms with Gasteiger partial charge >= 0.3 is 0 Å². The lowest BCUT2D eigenvalue weighted by Crippen LogP contribution is -2.47. The monoisotopic (exact) mass is 355 g/mol. The van der Waals surface area contributed by atoms with Gasteiger partial charge in [0.05, 0.1) is 30.0 Å². The molecule has 128 valence electrons. The molecule has 3 aromatic heterocycles. The van der Waals surface area contributed by atoms with Gasteiger partial charge in [0.2, 0.25) is 5.91 Å². The molecule has 9 heteroatoms. The maximum Gasteiger partial charge on any atom is 0.228 e. The minimum atomic E-state index is 0.00493. The Morgan fingerprint density at radius 2 is 2.16 bits per heavy atom. The molecule has 6 rings (SSSR count). The summed E-state index contributed by atoms with van der Waals surface area (Å²) in [4.78, 5) is 37.5. The molecule has 0 aliphatic carbocycles. The van der Waals surface area contributed by atoms with Crippen molar-refractivity contribution in [2.24, 2.45) is 5.92 Å². The number of H-pyrrole nitrogens is 1. The van der Waals surface area contributed by atoms with Crippen LogP contribution in [0.5, 0.6) is 0 Å². The fourth-order valence-corrected chi connectivity index (χ4v) is 4.45. The third-order valence-corrected chi connectivity index (χ3v) is 5.75. The average molecular weight is 355 g/mol. The lowest BCUT2D eigenvalue weighted by atomic mass is 9.94. The van der Waals surface area contributed by atoms with Crippen LogP contribution in [0.3, 0.4) is 0 Å². The van der Waals surface area contributed by atoms with Crippen LogP contribution in [0.1, 0.15) is 18.5 Å². The number of hydrogen-bond donors (Lipinski definition) is 1. The summed E-state index contributed by atoms with van der Waals surface area (Å²) >= 11 is 1.57. The number of amides is 1. The number of rotatable bonds is 3. The van der Waals surface area contributed by atoms with E-state index in [1.165, 1.54) is 0 Å². The van der Waals surface area contributed by atoms with Gasteiger partial charge in [-0.25, -0.2) is 19.9 Å². The highest BCUT2D eigenvalue weighted by atomic mass is 32.1. The molecule has 2 bridgehead atoms. The van der Waals surface area contributed by atoms with Gasteiger partial charge in [-0.1, -0.05) is 0 Å². The average Bonchev–Trinajstić information content (AvgIpc) is 3.24. The summed E-state index contributed by atoms with van der Waals surface area (Å²) in [5, 5.41) is 2.02. The molecule has 2 atom stereocenters. The van der Waals surface area contributed by atoms with E-state index < -0.39 is 0 Å². The van der Waals surface area contributed by atoms with Gasteiger partial charge in [-0.05, 0) is 12.8 Å². The Balaban J connectivity index is 1.48. The van der Waals surface area contributed by atoms with Crippen LogP contribution in [0.15, 0.2) is 23.5 Å². The fourth-order valence-electron chi connectivity index (χ4n) is 3.90. The quantitative estimate of drug-likeness (QED) is 0.764. The van der Waals surface area contributed by atoms with Crippen molar-refractivity contribution in [1.29, 1.82) is 0 Å². The van der Waals surface area contributed by atoms with Crippen LogP contribution in [-0.2, 0) is 11.3 Å². The van der Waals surface area contributed by atoms with Crippen molar-refractivity contribution in [1.82, 2.24) is 29.8 Å². The van der Waals surface area contributed by atoms with Gasteiger partial charge in [0.25, 0.3) is 0 Å². The number of thiazole rings is 1. The van der Waals surface area contributed by atoms with Crippen molar-refractivity contribution >= 4 is 34.2 Å². The number of aromatic amines is 1. The maximum absolute atomic E-state index is 12.9. The Kier molecular flexibility index (Phi) is 3.40. The molecule has 6 heterocycles. The van der Waals surface area contributed by atoms with E-state index in [9.17, 15) is 4.79 Å². The first-order chi connectivity index (χ1) is 12.3. The summed E-state index contributed by atoms with van der Waals surface area (Å²) in [6.45, 7) is 2.06. The SMILES string of the molecule is O=C1[C@@H]2CC[C@@H](CN(c3ncnc4nc[nH]c34)C2)N1Cc1cscn1. The fraction of sp³-hybridized carbons (Fsp3) is 0.438. The Morgan fingerprint density at radius 1 is 1.20 bits per heavy atom. The van der Waals surface area contributed by atoms with E-state index in [0.29, 0.717) is 18.7 Å². The molecular formula is C16H17N7OS. The lowest BCUT2D eigenvalue weighted by Gasteiger charge is -2.35. The summed E-state index contributed by atoms with van der Waals surface area (Å²) < 4.78 is 0. The van der Waals surface area contributed by atoms with Crippen molar-refractivity contribution in [2.75, 3.05) is 18.0 Å². The van der Waals surface area contributed by atoms with Crippen molar-refractivity contribution in [2.45, 2.75) is 25.4 Å². The number of nitrogens with zero attached hydrogens (tertiary/aromatic N) is 6. The van der Waals surface area contributed by atoms with Crippen molar-refractivity contribution in [3.8, 4) is 0 Å². The summed E-state index contributed by atoms with van der Waals surface area (Å²) in [5.41, 5.74) is 4.28. The number of imidazole rings is 1. The molecule has 3 fully saturated rings. The number of aromatic nitrogens is 5. The van der Waals surface area contributed by atoms with E-state index in [4.69, 9.17) is 0 Å². The molecule has 1 N–H and O–H groups in total. The van der Waals surface area contributed by atoms with Crippen LogP contribution in [0, 0.1) is 5.92 Å². The Hall–Kier alpha value is -2.55. The van der Waals surface area contributed by atoms with Gasteiger partial charge in [-0.2, -0.15) is 0 Å². The summed E-state index contributed by atoms with van der Waals surface area (Å²) in [5.74, 6) is 1.08. The molecule has 0 spiro atoms. The molecule has 8 nitrogen and oxygen atoms in total. The highest BCUT2D eigenvalue weighted by Crippen LogP contribution is 2.33. The minimum Gasteiger partial charge on any atom is -0.352 e. The molecule has 1 amide bonds. The predicted octanol–water partition coefficient (Wildman–Crippen LogP) is 1.44. The van der Waals surface area contributed by atoms with Crippen molar-refractivity contribution in [3.63, 3.8) is 0 Å². The van der Waals surface area contributed by atoms with Crippen LogP contribution in [0.4, 0.5) is 5.82 Å². The van der Waals surface area contributed by atoms with Crippen LogP contribution in [0.2, 0.25) is 0 Å². The van der Waals surface area contributed by atoms with E-state index in [-0.39, 0.29) is 17.9 Å². The van der Waals surface area contributed by atoms with Crippen molar-refractivity contribution < 1.29 is 4.79 Å². The predicted molar refractivity (Wildman–Crippen MR) is 93.1 cm³/mol. The Morgan fingerprint density at radius 3 is 3.04 bits per heavy atom. The van der Waals surface area contributed by atoms with E-state index >= 15 is 0 Å². The molecule has 3 aliphatic rings. The highest BCUT2D eigenvalue weighted by molar-refractivity contribution is 7.07. The zero-order valence-corrected chi connectivity index (χ0v) is 14.3. The van der Waals surface area contributed by atoms with Gasteiger partial charge in [0.1, 0.15) is 11.8 Å². The van der Waals surface area contributed by atoms with Crippen LogP contribution in [0.25, 0.3) is 11.2 Å². The van der Waals surface area contributed by atoms with E-state index in [2.05, 4.69) is 29.8 Å². The minimum absolute atomic E-state index is 0.00493. The van der Waals surface area contributed by atoms with Gasteiger partial charge in [0, 0.05) is 24.5 Å². The number of carbonyl (C=O) groups excluding carboxylic acids is 1. The Labute approximate surface area is 147 Å². The second-order valence-corrected chi connectivity index (χ2v) is 7.30. The number of nitrogens with one attached hydrogen (secondary N) is 1. The second-order valence-electron chi connectivity index (χ2n) is 6.58. The third-order valence-electron chi connectivity index (χ3n) is 5.11. The number of fused-ring (bicyclic) bond motifs is 5. The summed E-state index contributed by atoms with van der Waals surface area (Å²) in [7, 11) is 0. The number of anilines is 1. The smallest absolute Gasteiger partial charge is 0.228 e. The second kappa shape index (κ2) is 5.76. The third kappa shape index (κ3) is 2.46. The molecule has 0 aromatic carbocycles. The standard InChI is InChI=1S/C16H17N7OS/c24-16-10-1-2-12(23(16)4-11-6-25-9-21-11)5-22(3-10)15-13-14(18-7-17-13)19-8-20-15/h6-10,12H,1-5H2,(H,17,18,19,20)/t10-,12+/m1/s1. The zero-order valence-electron chi connectivity index (χ0n) is 13.5. The maximum atomic E-state index is 12.9. The van der Waals surface area contributed by atoms with E-state index in [0.717, 1.165) is 36.4 Å². The lowest BCUT2D eigenvalue weighted by molar-refractivity contribution is -0.140. The molecule has 0 radical (unpaired) electrons. The van der Waals surface area contributed by atoms with E-state index in [1.54, 1.807) is 24.0 Å². The van der Waals surface area contributed by atoms with Gasteiger partial charge in [-0.3, -0.25) is 4.79 Å². The highest BCUT2D eigenvalue weighted by Gasteiger charge is 2.41. The van der Waals surface area contributed by atoms with Crippen LogP contribution >= 0.6 is 11.3 Å². The largest absolute Gasteiger partial charge is 0.352 e. The number of carbonyl (C=O) groups is 1. The summed E-state index contributed by atoms with van der Waals surface area (Å²) in [6.07, 6.45) is 5.13. The molecule has 0 saturated carbocycles. The van der Waals surface area contributed by atoms with Crippen LogP contribution in [-0.4, -0.2) is 54.9 Å². The first kappa shape index (κ1) is 14.8. The normalized spacial score (nSPS) is 23.4. The Bertz CT molecular complexity index is 908. The summed E-state index contributed by atoms with van der Waals surface area (Å²) in [6, 6.07) is 0.181. The molecule has 3 saturated heterocycles. The topological polar surface area (TPSA) is 90.9 Å². The van der Waals surface area contributed by atoms with Crippen LogP contribution < -0.4 is 4.90 Å². The van der Waals surface area contributed by atoms with Crippen molar-refractivity contribution in [3.05, 3.63) is 29.2 Å². The van der Waals surface area contributed by atoms with Gasteiger partial charge < -0.3 is 14.8 Å². The number of piperidine rings is 1.